The number of esters is 1. The zero-order valence-electron chi connectivity index (χ0n) is 12.0. The molecule has 2 rings (SSSR count). The fraction of sp³-hybridized carbons (Fsp3) is 0.429. The van der Waals surface area contributed by atoms with Gasteiger partial charge in [0.05, 0.1) is 18.4 Å². The Morgan fingerprint density at radius 1 is 1.48 bits per heavy atom. The third kappa shape index (κ3) is 3.47. The molecule has 7 heteroatoms. The predicted molar refractivity (Wildman–Crippen MR) is 84.3 cm³/mol. The van der Waals surface area contributed by atoms with E-state index >= 15 is 0 Å². The maximum Gasteiger partial charge on any atom is 0.340 e. The summed E-state index contributed by atoms with van der Waals surface area (Å²) in [6, 6.07) is 3.54. The standard InChI is InChI=1S/C14H18BrN3O3/c1-8(19)17-9-3-4-18(7-9)13-5-10(14(20)21-2)12(16)6-11(13)15/h5-6,9H,3-4,7,16H2,1-2H3,(H,17,19)/t9-/m1/s1. The number of rotatable bonds is 3. The highest BCUT2D eigenvalue weighted by Gasteiger charge is 2.26. The summed E-state index contributed by atoms with van der Waals surface area (Å²) in [4.78, 5) is 25.0. The SMILES string of the molecule is COC(=O)c1cc(N2CC[C@@H](NC(C)=O)C2)c(Br)cc1N. The topological polar surface area (TPSA) is 84.7 Å². The molecular weight excluding hydrogens is 338 g/mol. The Kier molecular flexibility index (Phi) is 4.72. The highest BCUT2D eigenvalue weighted by molar-refractivity contribution is 9.10. The minimum absolute atomic E-state index is 0.0338. The highest BCUT2D eigenvalue weighted by Crippen LogP contribution is 2.33. The third-order valence-corrected chi connectivity index (χ3v) is 4.10. The van der Waals surface area contributed by atoms with E-state index in [9.17, 15) is 9.59 Å². The van der Waals surface area contributed by atoms with Crippen molar-refractivity contribution < 1.29 is 14.3 Å². The van der Waals surface area contributed by atoms with Gasteiger partial charge < -0.3 is 20.7 Å². The van der Waals surface area contributed by atoms with Gasteiger partial charge in [0.25, 0.3) is 0 Å². The summed E-state index contributed by atoms with van der Waals surface area (Å²) in [5.41, 5.74) is 7.44. The van der Waals surface area contributed by atoms with Crippen LogP contribution in [0.25, 0.3) is 0 Å². The number of carbonyl (C=O) groups excluding carboxylic acids is 2. The first kappa shape index (κ1) is 15.6. The fourth-order valence-corrected chi connectivity index (χ4v) is 3.10. The molecule has 0 radical (unpaired) electrons. The Balaban J connectivity index is 2.24. The van der Waals surface area contributed by atoms with Crippen molar-refractivity contribution in [3.8, 4) is 0 Å². The monoisotopic (exact) mass is 355 g/mol. The first-order valence-electron chi connectivity index (χ1n) is 6.61. The molecule has 0 bridgehead atoms. The zero-order chi connectivity index (χ0) is 15.6. The van der Waals surface area contributed by atoms with Crippen LogP contribution in [-0.2, 0) is 9.53 Å². The first-order chi connectivity index (χ1) is 9.92. The molecule has 0 aromatic heterocycles. The van der Waals surface area contributed by atoms with Gasteiger partial charge in [-0.25, -0.2) is 4.79 Å². The molecule has 0 spiro atoms. The normalized spacial score (nSPS) is 17.7. The van der Waals surface area contributed by atoms with E-state index in [2.05, 4.69) is 26.1 Å². The molecule has 0 saturated carbocycles. The molecule has 0 aliphatic carbocycles. The van der Waals surface area contributed by atoms with E-state index in [4.69, 9.17) is 10.5 Å². The summed E-state index contributed by atoms with van der Waals surface area (Å²) in [5.74, 6) is -0.493. The number of carbonyl (C=O) groups is 2. The lowest BCUT2D eigenvalue weighted by atomic mass is 10.1. The largest absolute Gasteiger partial charge is 0.465 e. The molecule has 1 fully saturated rings. The average Bonchev–Trinajstić information content (AvgIpc) is 2.85. The molecule has 0 unspecified atom stereocenters. The van der Waals surface area contributed by atoms with Gasteiger partial charge in [-0.3, -0.25) is 4.79 Å². The van der Waals surface area contributed by atoms with Crippen LogP contribution in [0.15, 0.2) is 16.6 Å². The summed E-state index contributed by atoms with van der Waals surface area (Å²) < 4.78 is 5.55. The maximum absolute atomic E-state index is 11.7. The fourth-order valence-electron chi connectivity index (χ4n) is 2.49. The van der Waals surface area contributed by atoms with E-state index in [-0.39, 0.29) is 11.9 Å². The lowest BCUT2D eigenvalue weighted by molar-refractivity contribution is -0.119. The van der Waals surface area contributed by atoms with Crippen LogP contribution in [0.4, 0.5) is 11.4 Å². The molecule has 1 atom stereocenters. The van der Waals surface area contributed by atoms with Crippen molar-refractivity contribution >= 4 is 39.2 Å². The van der Waals surface area contributed by atoms with Crippen molar-refractivity contribution in [1.82, 2.24) is 5.32 Å². The molecule has 1 heterocycles. The van der Waals surface area contributed by atoms with Gasteiger partial charge in [-0.05, 0) is 34.5 Å². The minimum Gasteiger partial charge on any atom is -0.465 e. The van der Waals surface area contributed by atoms with E-state index in [0.717, 1.165) is 23.1 Å². The van der Waals surface area contributed by atoms with Gasteiger partial charge in [0, 0.05) is 36.2 Å². The molecule has 1 aromatic rings. The van der Waals surface area contributed by atoms with Gasteiger partial charge >= 0.3 is 5.97 Å². The van der Waals surface area contributed by atoms with E-state index in [1.54, 1.807) is 12.1 Å². The van der Waals surface area contributed by atoms with Gasteiger partial charge in [-0.2, -0.15) is 0 Å². The van der Waals surface area contributed by atoms with E-state index in [1.807, 2.05) is 0 Å². The number of amides is 1. The van der Waals surface area contributed by atoms with Crippen molar-refractivity contribution in [2.45, 2.75) is 19.4 Å². The first-order valence-corrected chi connectivity index (χ1v) is 7.41. The Bertz CT molecular complexity index is 577. The van der Waals surface area contributed by atoms with E-state index < -0.39 is 5.97 Å². The van der Waals surface area contributed by atoms with Crippen LogP contribution in [0.1, 0.15) is 23.7 Å². The Morgan fingerprint density at radius 2 is 2.19 bits per heavy atom. The second-order valence-corrected chi connectivity index (χ2v) is 5.87. The smallest absolute Gasteiger partial charge is 0.340 e. The molecule has 21 heavy (non-hydrogen) atoms. The molecular formula is C14H18BrN3O3. The zero-order valence-corrected chi connectivity index (χ0v) is 13.6. The summed E-state index contributed by atoms with van der Waals surface area (Å²) in [6.07, 6.45) is 0.865. The Hall–Kier alpha value is -1.76. The van der Waals surface area contributed by atoms with Crippen LogP contribution in [0.3, 0.4) is 0 Å². The predicted octanol–water partition coefficient (Wildman–Crippen LogP) is 1.53. The van der Waals surface area contributed by atoms with Gasteiger partial charge in [0.15, 0.2) is 0 Å². The molecule has 1 aliphatic rings. The molecule has 1 aliphatic heterocycles. The maximum atomic E-state index is 11.7. The molecule has 114 valence electrons. The van der Waals surface area contributed by atoms with Crippen molar-refractivity contribution in [3.63, 3.8) is 0 Å². The van der Waals surface area contributed by atoms with Gasteiger partial charge in [0.2, 0.25) is 5.91 Å². The second-order valence-electron chi connectivity index (χ2n) is 5.01. The number of anilines is 2. The van der Waals surface area contributed by atoms with Gasteiger partial charge in [-0.1, -0.05) is 0 Å². The third-order valence-electron chi connectivity index (χ3n) is 3.46. The van der Waals surface area contributed by atoms with Crippen molar-refractivity contribution in [2.24, 2.45) is 0 Å². The number of nitrogen functional groups attached to an aromatic ring is 1. The summed E-state index contributed by atoms with van der Waals surface area (Å²) in [6.45, 7) is 3.01. The number of methoxy groups -OCH3 is 1. The van der Waals surface area contributed by atoms with Crippen LogP contribution in [0.5, 0.6) is 0 Å². The molecule has 1 amide bonds. The van der Waals surface area contributed by atoms with Crippen molar-refractivity contribution in [2.75, 3.05) is 30.8 Å². The number of hydrogen-bond acceptors (Lipinski definition) is 5. The van der Waals surface area contributed by atoms with Crippen LogP contribution < -0.4 is 16.0 Å². The summed E-state index contributed by atoms with van der Waals surface area (Å²) >= 11 is 3.47. The van der Waals surface area contributed by atoms with E-state index in [1.165, 1.54) is 14.0 Å². The summed E-state index contributed by atoms with van der Waals surface area (Å²) in [5, 5.41) is 2.91. The van der Waals surface area contributed by atoms with Crippen molar-refractivity contribution in [1.29, 1.82) is 0 Å². The highest BCUT2D eigenvalue weighted by atomic mass is 79.9. The number of ether oxygens (including phenoxy) is 1. The lowest BCUT2D eigenvalue weighted by Gasteiger charge is -2.21. The lowest BCUT2D eigenvalue weighted by Crippen LogP contribution is -2.35. The number of hydrogen-bond donors (Lipinski definition) is 2. The van der Waals surface area contributed by atoms with Crippen LogP contribution in [0, 0.1) is 0 Å². The summed E-state index contributed by atoms with van der Waals surface area (Å²) in [7, 11) is 1.33. The van der Waals surface area contributed by atoms with Gasteiger partial charge in [0.1, 0.15) is 0 Å². The average molecular weight is 356 g/mol. The quantitative estimate of drug-likeness (QED) is 0.634. The molecule has 3 N–H and O–H groups in total. The number of nitrogens with zero attached hydrogens (tertiary/aromatic N) is 1. The van der Waals surface area contributed by atoms with Gasteiger partial charge in [-0.15, -0.1) is 0 Å². The number of halogens is 1. The number of nitrogens with one attached hydrogen (secondary N) is 1. The van der Waals surface area contributed by atoms with Crippen LogP contribution in [-0.4, -0.2) is 38.1 Å². The molecule has 1 aromatic carbocycles. The Morgan fingerprint density at radius 3 is 2.81 bits per heavy atom. The number of nitrogens with two attached hydrogens (primary N) is 1. The number of benzene rings is 1. The Labute approximate surface area is 131 Å². The van der Waals surface area contributed by atoms with Crippen LogP contribution >= 0.6 is 15.9 Å². The van der Waals surface area contributed by atoms with E-state index in [0.29, 0.717) is 17.8 Å². The molecule has 6 nitrogen and oxygen atoms in total. The second kappa shape index (κ2) is 6.34. The van der Waals surface area contributed by atoms with Crippen LogP contribution in [0.2, 0.25) is 0 Å². The minimum atomic E-state index is -0.459. The molecule has 1 saturated heterocycles. The van der Waals surface area contributed by atoms with Crippen molar-refractivity contribution in [3.05, 3.63) is 22.2 Å².